The summed E-state index contributed by atoms with van der Waals surface area (Å²) in [6.45, 7) is 10.7. The van der Waals surface area contributed by atoms with Crippen LogP contribution in [0.1, 0.15) is 68.2 Å². The SMILES string of the molecule is Cc1cc(C(=O)NN=C2CCC(C(C)(C)C)CC2)c(C)n1-c1ccc(F)cc1. The van der Waals surface area contributed by atoms with Crippen LogP contribution in [0.2, 0.25) is 0 Å². The molecule has 1 fully saturated rings. The second-order valence-electron chi connectivity index (χ2n) is 8.86. The van der Waals surface area contributed by atoms with Gasteiger partial charge in [0.2, 0.25) is 0 Å². The first-order valence-electron chi connectivity index (χ1n) is 9.97. The molecule has 3 rings (SSSR count). The van der Waals surface area contributed by atoms with Crippen molar-refractivity contribution in [2.24, 2.45) is 16.4 Å². The van der Waals surface area contributed by atoms with E-state index in [0.717, 1.165) is 48.5 Å². The fourth-order valence-electron chi connectivity index (χ4n) is 4.10. The van der Waals surface area contributed by atoms with E-state index in [9.17, 15) is 9.18 Å². The number of hydrazone groups is 1. The molecule has 1 aliphatic rings. The highest BCUT2D eigenvalue weighted by atomic mass is 19.1. The molecule has 2 aromatic rings. The predicted molar refractivity (Wildman–Crippen MR) is 112 cm³/mol. The van der Waals surface area contributed by atoms with Crippen molar-refractivity contribution in [2.45, 2.75) is 60.3 Å². The van der Waals surface area contributed by atoms with Crippen LogP contribution in [0, 0.1) is 31.0 Å². The van der Waals surface area contributed by atoms with Crippen molar-refractivity contribution < 1.29 is 9.18 Å². The van der Waals surface area contributed by atoms with Crippen molar-refractivity contribution in [3.8, 4) is 5.69 Å². The minimum absolute atomic E-state index is 0.202. The van der Waals surface area contributed by atoms with Gasteiger partial charge in [-0.15, -0.1) is 0 Å². The summed E-state index contributed by atoms with van der Waals surface area (Å²) in [4.78, 5) is 12.7. The summed E-state index contributed by atoms with van der Waals surface area (Å²) < 4.78 is 15.2. The summed E-state index contributed by atoms with van der Waals surface area (Å²) in [7, 11) is 0. The van der Waals surface area contributed by atoms with Gasteiger partial charge >= 0.3 is 0 Å². The van der Waals surface area contributed by atoms with E-state index in [1.165, 1.54) is 12.1 Å². The van der Waals surface area contributed by atoms with Gasteiger partial charge in [0.25, 0.3) is 5.91 Å². The van der Waals surface area contributed by atoms with Gasteiger partial charge < -0.3 is 4.57 Å². The molecule has 28 heavy (non-hydrogen) atoms. The molecule has 1 amide bonds. The van der Waals surface area contributed by atoms with Crippen LogP contribution in [0.3, 0.4) is 0 Å². The molecule has 1 N–H and O–H groups in total. The third kappa shape index (κ3) is 4.34. The van der Waals surface area contributed by atoms with Crippen molar-refractivity contribution in [2.75, 3.05) is 0 Å². The van der Waals surface area contributed by atoms with Crippen LogP contribution in [0.25, 0.3) is 5.69 Å². The van der Waals surface area contributed by atoms with Crippen LogP contribution in [-0.4, -0.2) is 16.2 Å². The Morgan fingerprint density at radius 1 is 1.14 bits per heavy atom. The zero-order valence-electron chi connectivity index (χ0n) is 17.5. The molecule has 0 atom stereocenters. The van der Waals surface area contributed by atoms with Crippen LogP contribution in [0.5, 0.6) is 0 Å². The Hall–Kier alpha value is -2.43. The van der Waals surface area contributed by atoms with E-state index in [2.05, 4.69) is 31.3 Å². The molecule has 1 aromatic carbocycles. The van der Waals surface area contributed by atoms with Crippen LogP contribution < -0.4 is 5.43 Å². The molecule has 1 aliphatic carbocycles. The molecule has 4 nitrogen and oxygen atoms in total. The molecule has 5 heteroatoms. The number of benzene rings is 1. The van der Waals surface area contributed by atoms with E-state index < -0.39 is 0 Å². The van der Waals surface area contributed by atoms with E-state index in [1.807, 2.05) is 24.5 Å². The molecule has 150 valence electrons. The van der Waals surface area contributed by atoms with Gasteiger partial charge in [0.15, 0.2) is 0 Å². The number of amides is 1. The monoisotopic (exact) mass is 383 g/mol. The highest BCUT2D eigenvalue weighted by Gasteiger charge is 2.28. The molecule has 0 radical (unpaired) electrons. The number of aromatic nitrogens is 1. The van der Waals surface area contributed by atoms with E-state index in [0.29, 0.717) is 16.9 Å². The van der Waals surface area contributed by atoms with Crippen molar-refractivity contribution in [3.63, 3.8) is 0 Å². The molecule has 0 unspecified atom stereocenters. The van der Waals surface area contributed by atoms with Crippen LogP contribution in [0.15, 0.2) is 35.4 Å². The fourth-order valence-corrected chi connectivity index (χ4v) is 4.10. The summed E-state index contributed by atoms with van der Waals surface area (Å²) in [5, 5.41) is 4.40. The molecule has 1 heterocycles. The summed E-state index contributed by atoms with van der Waals surface area (Å²) >= 11 is 0. The van der Waals surface area contributed by atoms with Gasteiger partial charge in [0, 0.05) is 22.8 Å². The molecule has 1 aromatic heterocycles. The Labute approximate surface area is 166 Å². The van der Waals surface area contributed by atoms with Crippen LogP contribution in [-0.2, 0) is 0 Å². The Morgan fingerprint density at radius 2 is 1.75 bits per heavy atom. The Bertz CT molecular complexity index is 878. The minimum atomic E-state index is -0.277. The molecule has 0 aliphatic heterocycles. The van der Waals surface area contributed by atoms with Gasteiger partial charge in [-0.05, 0) is 81.2 Å². The van der Waals surface area contributed by atoms with Crippen LogP contribution >= 0.6 is 0 Å². The molecule has 0 bridgehead atoms. The van der Waals surface area contributed by atoms with Gasteiger partial charge in [-0.2, -0.15) is 5.10 Å². The topological polar surface area (TPSA) is 46.4 Å². The van der Waals surface area contributed by atoms with Crippen LogP contribution in [0.4, 0.5) is 4.39 Å². The molecular formula is C23H30FN3O. The Balaban J connectivity index is 1.70. The van der Waals surface area contributed by atoms with Gasteiger partial charge in [-0.25, -0.2) is 9.82 Å². The first-order chi connectivity index (χ1) is 13.2. The van der Waals surface area contributed by atoms with Crippen molar-refractivity contribution in [1.29, 1.82) is 0 Å². The van der Waals surface area contributed by atoms with E-state index >= 15 is 0 Å². The summed E-state index contributed by atoms with van der Waals surface area (Å²) in [6, 6.07) is 8.13. The van der Waals surface area contributed by atoms with E-state index in [4.69, 9.17) is 0 Å². The van der Waals surface area contributed by atoms with E-state index in [-0.39, 0.29) is 11.7 Å². The number of carbonyl (C=O) groups is 1. The number of rotatable bonds is 3. The maximum atomic E-state index is 13.2. The maximum absolute atomic E-state index is 13.2. The number of hydrogen-bond donors (Lipinski definition) is 1. The number of nitrogens with one attached hydrogen (secondary N) is 1. The fraction of sp³-hybridized carbons (Fsp3) is 0.478. The lowest BCUT2D eigenvalue weighted by molar-refractivity contribution is 0.0953. The lowest BCUT2D eigenvalue weighted by Crippen LogP contribution is -2.27. The van der Waals surface area contributed by atoms with Gasteiger partial charge in [0.05, 0.1) is 5.56 Å². The molecule has 0 spiro atoms. The number of hydrogen-bond acceptors (Lipinski definition) is 2. The Morgan fingerprint density at radius 3 is 2.32 bits per heavy atom. The van der Waals surface area contributed by atoms with Gasteiger partial charge in [0.1, 0.15) is 5.82 Å². The molecular weight excluding hydrogens is 353 g/mol. The number of carbonyl (C=O) groups excluding carboxylic acids is 1. The largest absolute Gasteiger partial charge is 0.318 e. The second-order valence-corrected chi connectivity index (χ2v) is 8.86. The summed E-state index contributed by atoms with van der Waals surface area (Å²) in [5.74, 6) is 0.227. The Kier molecular flexibility index (Phi) is 5.73. The quantitative estimate of drug-likeness (QED) is 0.694. The van der Waals surface area contributed by atoms with Crippen molar-refractivity contribution >= 4 is 11.6 Å². The third-order valence-electron chi connectivity index (χ3n) is 5.86. The lowest BCUT2D eigenvalue weighted by atomic mass is 9.72. The number of halogens is 1. The standard InChI is InChI=1S/C23H30FN3O/c1-15-14-21(16(2)27(15)20-12-8-18(24)9-13-20)22(28)26-25-19-10-6-17(7-11-19)23(3,4)5/h8-9,12-14,17H,6-7,10-11H2,1-5H3,(H,26,28). The van der Waals surface area contributed by atoms with Crippen molar-refractivity contribution in [3.05, 3.63) is 53.1 Å². The predicted octanol–water partition coefficient (Wildman–Crippen LogP) is 5.56. The maximum Gasteiger partial charge on any atom is 0.273 e. The first kappa shape index (κ1) is 20.3. The highest BCUT2D eigenvalue weighted by Crippen LogP contribution is 2.36. The minimum Gasteiger partial charge on any atom is -0.318 e. The van der Waals surface area contributed by atoms with Gasteiger partial charge in [-0.1, -0.05) is 20.8 Å². The average molecular weight is 384 g/mol. The lowest BCUT2D eigenvalue weighted by Gasteiger charge is -2.34. The average Bonchev–Trinajstić information content (AvgIpc) is 2.94. The molecule has 1 saturated carbocycles. The van der Waals surface area contributed by atoms with Crippen molar-refractivity contribution in [1.82, 2.24) is 9.99 Å². The molecule has 0 saturated heterocycles. The van der Waals surface area contributed by atoms with E-state index in [1.54, 1.807) is 12.1 Å². The second kappa shape index (κ2) is 7.90. The zero-order chi connectivity index (χ0) is 20.5. The first-order valence-corrected chi connectivity index (χ1v) is 9.97. The normalized spacial score (nSPS) is 17.5. The van der Waals surface area contributed by atoms with Gasteiger partial charge in [-0.3, -0.25) is 4.79 Å². The summed E-state index contributed by atoms with van der Waals surface area (Å²) in [6.07, 6.45) is 4.13. The number of nitrogens with zero attached hydrogens (tertiary/aromatic N) is 2. The smallest absolute Gasteiger partial charge is 0.273 e. The third-order valence-corrected chi connectivity index (χ3v) is 5.86. The summed E-state index contributed by atoms with van der Waals surface area (Å²) in [5.41, 5.74) is 7.31. The zero-order valence-corrected chi connectivity index (χ0v) is 17.5. The highest BCUT2D eigenvalue weighted by molar-refractivity contribution is 5.97. The number of aryl methyl sites for hydroxylation is 1.